The number of rotatable bonds is 49. The monoisotopic (exact) mass is 895 g/mol. The van der Waals surface area contributed by atoms with Crippen LogP contribution in [0.1, 0.15) is 271 Å². The molecule has 0 aromatic carbocycles. The normalized spacial score (nSPS) is 12.5. The van der Waals surface area contributed by atoms with Crippen molar-refractivity contribution in [3.8, 4) is 0 Å². The minimum Gasteiger partial charge on any atom is -0.462 e. The first-order valence-corrected chi connectivity index (χ1v) is 27.3. The van der Waals surface area contributed by atoms with Crippen LogP contribution in [-0.4, -0.2) is 37.2 Å². The molecule has 0 amide bonds. The van der Waals surface area contributed by atoms with Crippen LogP contribution in [0.25, 0.3) is 0 Å². The van der Waals surface area contributed by atoms with Gasteiger partial charge in [-0.1, -0.05) is 223 Å². The molecule has 0 N–H and O–H groups in total. The minimum absolute atomic E-state index is 0.0887. The molecule has 0 radical (unpaired) electrons. The summed E-state index contributed by atoms with van der Waals surface area (Å²) in [6.45, 7) is 6.56. The topological polar surface area (TPSA) is 78.9 Å². The van der Waals surface area contributed by atoms with Gasteiger partial charge in [0.2, 0.25) is 0 Å². The molecular weight excluding hydrogens is 793 g/mol. The summed E-state index contributed by atoms with van der Waals surface area (Å²) in [6.07, 6.45) is 64.9. The second-order valence-corrected chi connectivity index (χ2v) is 18.1. The Bertz CT molecular complexity index is 1170. The number of esters is 3. The van der Waals surface area contributed by atoms with Crippen LogP contribution in [-0.2, 0) is 28.6 Å². The van der Waals surface area contributed by atoms with E-state index in [1.54, 1.807) is 0 Å². The molecule has 0 fully saturated rings. The highest BCUT2D eigenvalue weighted by Gasteiger charge is 2.19. The van der Waals surface area contributed by atoms with Crippen LogP contribution in [0.15, 0.2) is 60.8 Å². The van der Waals surface area contributed by atoms with Gasteiger partial charge in [-0.3, -0.25) is 14.4 Å². The highest BCUT2D eigenvalue weighted by atomic mass is 16.6. The van der Waals surface area contributed by atoms with Crippen molar-refractivity contribution in [1.29, 1.82) is 0 Å². The molecule has 0 rings (SSSR count). The zero-order valence-corrected chi connectivity index (χ0v) is 42.3. The van der Waals surface area contributed by atoms with Gasteiger partial charge in [-0.25, -0.2) is 0 Å². The fourth-order valence-electron chi connectivity index (χ4n) is 7.60. The summed E-state index contributed by atoms with van der Waals surface area (Å²) in [5, 5.41) is 0. The van der Waals surface area contributed by atoms with E-state index in [2.05, 4.69) is 81.5 Å². The van der Waals surface area contributed by atoms with E-state index in [1.165, 1.54) is 154 Å². The Balaban J connectivity index is 4.39. The lowest BCUT2D eigenvalue weighted by atomic mass is 10.0. The zero-order valence-electron chi connectivity index (χ0n) is 42.3. The average Bonchev–Trinajstić information content (AvgIpc) is 3.29. The number of hydrogen-bond donors (Lipinski definition) is 0. The third kappa shape index (κ3) is 50.1. The fraction of sp³-hybridized carbons (Fsp3) is 0.776. The third-order valence-corrected chi connectivity index (χ3v) is 11.7. The van der Waals surface area contributed by atoms with E-state index in [0.717, 1.165) is 70.6 Å². The van der Waals surface area contributed by atoms with Crippen molar-refractivity contribution in [2.24, 2.45) is 0 Å². The van der Waals surface area contributed by atoms with Crippen molar-refractivity contribution < 1.29 is 28.6 Å². The van der Waals surface area contributed by atoms with Crippen LogP contribution in [0.2, 0.25) is 0 Å². The predicted octanol–water partition coefficient (Wildman–Crippen LogP) is 18.0. The summed E-state index contributed by atoms with van der Waals surface area (Å²) < 4.78 is 16.8. The Morgan fingerprint density at radius 1 is 0.312 bits per heavy atom. The van der Waals surface area contributed by atoms with Crippen LogP contribution < -0.4 is 0 Å². The first-order chi connectivity index (χ1) is 31.5. The molecule has 0 saturated heterocycles. The molecule has 0 aromatic heterocycles. The number of carbonyl (C=O) groups excluding carboxylic acids is 3. The van der Waals surface area contributed by atoms with Crippen molar-refractivity contribution in [2.75, 3.05) is 13.2 Å². The van der Waals surface area contributed by atoms with Gasteiger partial charge in [0.15, 0.2) is 6.10 Å². The Labute approximate surface area is 396 Å². The SMILES string of the molecule is CCCCC/C=C\C/C=C\C/C=C\CCCCC(=O)O[C@@H](COC(=O)CCCCCCCCCCC/C=C\C/C=C\CCCCC)COC(=O)CCCCCCCCCCCCCC. The van der Waals surface area contributed by atoms with E-state index in [-0.39, 0.29) is 37.5 Å². The smallest absolute Gasteiger partial charge is 0.306 e. The quantitative estimate of drug-likeness (QED) is 0.0262. The van der Waals surface area contributed by atoms with Gasteiger partial charge in [-0.15, -0.1) is 0 Å². The number of hydrogen-bond acceptors (Lipinski definition) is 6. The molecule has 1 atom stereocenters. The summed E-state index contributed by atoms with van der Waals surface area (Å²) in [6, 6.07) is 0. The lowest BCUT2D eigenvalue weighted by molar-refractivity contribution is -0.167. The van der Waals surface area contributed by atoms with Crippen molar-refractivity contribution in [3.63, 3.8) is 0 Å². The maximum absolute atomic E-state index is 12.8. The van der Waals surface area contributed by atoms with Gasteiger partial charge < -0.3 is 14.2 Å². The predicted molar refractivity (Wildman–Crippen MR) is 275 cm³/mol. The summed E-state index contributed by atoms with van der Waals surface area (Å²) in [5.74, 6) is -0.925. The van der Waals surface area contributed by atoms with Gasteiger partial charge in [0.1, 0.15) is 13.2 Å². The molecule has 370 valence electrons. The Morgan fingerprint density at radius 3 is 0.938 bits per heavy atom. The first-order valence-electron chi connectivity index (χ1n) is 27.3. The van der Waals surface area contributed by atoms with E-state index in [9.17, 15) is 14.4 Å². The molecule has 6 nitrogen and oxygen atoms in total. The van der Waals surface area contributed by atoms with Crippen LogP contribution in [0, 0.1) is 0 Å². The highest BCUT2D eigenvalue weighted by molar-refractivity contribution is 5.71. The summed E-state index contributed by atoms with van der Waals surface area (Å²) in [4.78, 5) is 38.0. The third-order valence-electron chi connectivity index (χ3n) is 11.7. The summed E-state index contributed by atoms with van der Waals surface area (Å²) >= 11 is 0. The van der Waals surface area contributed by atoms with Crippen molar-refractivity contribution in [2.45, 2.75) is 277 Å². The molecule has 0 saturated carbocycles. The minimum atomic E-state index is -0.793. The number of ether oxygens (including phenoxy) is 3. The van der Waals surface area contributed by atoms with Crippen LogP contribution in [0.4, 0.5) is 0 Å². The summed E-state index contributed by atoms with van der Waals surface area (Å²) in [5.41, 5.74) is 0. The van der Waals surface area contributed by atoms with Gasteiger partial charge in [-0.2, -0.15) is 0 Å². The van der Waals surface area contributed by atoms with Crippen molar-refractivity contribution >= 4 is 17.9 Å². The van der Waals surface area contributed by atoms with Gasteiger partial charge in [0.05, 0.1) is 0 Å². The molecule has 64 heavy (non-hydrogen) atoms. The van der Waals surface area contributed by atoms with E-state index >= 15 is 0 Å². The van der Waals surface area contributed by atoms with Crippen LogP contribution in [0.5, 0.6) is 0 Å². The van der Waals surface area contributed by atoms with Crippen molar-refractivity contribution in [1.82, 2.24) is 0 Å². The lowest BCUT2D eigenvalue weighted by Gasteiger charge is -2.18. The molecule has 0 aliphatic carbocycles. The van der Waals surface area contributed by atoms with E-state index in [4.69, 9.17) is 14.2 Å². The van der Waals surface area contributed by atoms with Crippen molar-refractivity contribution in [3.05, 3.63) is 60.8 Å². The van der Waals surface area contributed by atoms with Crippen LogP contribution in [0.3, 0.4) is 0 Å². The number of unbranched alkanes of at least 4 members (excludes halogenated alkanes) is 28. The van der Waals surface area contributed by atoms with E-state index in [0.29, 0.717) is 19.3 Å². The number of carbonyl (C=O) groups is 3. The lowest BCUT2D eigenvalue weighted by Crippen LogP contribution is -2.30. The summed E-state index contributed by atoms with van der Waals surface area (Å²) in [7, 11) is 0. The molecule has 6 heteroatoms. The zero-order chi connectivity index (χ0) is 46.5. The molecule has 0 spiro atoms. The molecule has 0 aliphatic heterocycles. The molecule has 0 unspecified atom stereocenters. The van der Waals surface area contributed by atoms with Gasteiger partial charge in [0.25, 0.3) is 0 Å². The molecule has 0 aromatic rings. The maximum Gasteiger partial charge on any atom is 0.306 e. The van der Waals surface area contributed by atoms with Gasteiger partial charge in [0, 0.05) is 19.3 Å². The highest BCUT2D eigenvalue weighted by Crippen LogP contribution is 2.15. The van der Waals surface area contributed by atoms with Crippen LogP contribution >= 0.6 is 0 Å². The Morgan fingerprint density at radius 2 is 0.562 bits per heavy atom. The molecule has 0 bridgehead atoms. The van der Waals surface area contributed by atoms with Gasteiger partial charge >= 0.3 is 17.9 Å². The second-order valence-electron chi connectivity index (χ2n) is 18.1. The fourth-order valence-corrected chi connectivity index (χ4v) is 7.60. The van der Waals surface area contributed by atoms with E-state index < -0.39 is 6.10 Å². The second kappa shape index (κ2) is 52.7. The Kier molecular flexibility index (Phi) is 50.4. The number of allylic oxidation sites excluding steroid dienone is 10. The molecular formula is C58H102O6. The first kappa shape index (κ1) is 61.1. The maximum atomic E-state index is 12.8. The largest absolute Gasteiger partial charge is 0.462 e. The van der Waals surface area contributed by atoms with Gasteiger partial charge in [-0.05, 0) is 89.9 Å². The van der Waals surface area contributed by atoms with E-state index in [1.807, 2.05) is 0 Å². The molecule has 0 aliphatic rings. The average molecular weight is 895 g/mol. The molecule has 0 heterocycles. The standard InChI is InChI=1S/C58H102O6/c1-4-7-10-13-16-19-22-25-27-28-29-30-32-33-36-39-42-45-48-51-57(60)63-54-55(53-62-56(59)50-47-44-41-38-35-24-21-18-15-12-9-6-3)64-58(61)52-49-46-43-40-37-34-31-26-23-20-17-14-11-8-5-2/h16-17,19-20,25-27,31,37,40,55H,4-15,18,21-24,28-30,32-36,38-39,41-54H2,1-3H3/b19-16-,20-17-,27-25-,31-26-,40-37-/t55-/m1/s1. The Hall–Kier alpha value is -2.89.